The monoisotopic (exact) mass is 376 g/mol. The lowest BCUT2D eigenvalue weighted by Crippen LogP contribution is -1.93. The van der Waals surface area contributed by atoms with Gasteiger partial charge in [0.25, 0.3) is 5.97 Å². The van der Waals surface area contributed by atoms with E-state index in [4.69, 9.17) is 25.2 Å². The second-order valence-corrected chi connectivity index (χ2v) is 5.46. The van der Waals surface area contributed by atoms with E-state index in [0.29, 0.717) is 6.42 Å². The molecule has 0 spiro atoms. The summed E-state index contributed by atoms with van der Waals surface area (Å²) >= 11 is 0. The molecule has 4 N–H and O–H groups in total. The van der Waals surface area contributed by atoms with Crippen LogP contribution in [0.2, 0.25) is 0 Å². The van der Waals surface area contributed by atoms with Crippen molar-refractivity contribution >= 4 is 23.9 Å². The summed E-state index contributed by atoms with van der Waals surface area (Å²) in [6.07, 6.45) is 10.9. The van der Waals surface area contributed by atoms with E-state index >= 15 is 0 Å². The van der Waals surface area contributed by atoms with E-state index in [1.54, 1.807) is 6.08 Å². The highest BCUT2D eigenvalue weighted by atomic mass is 16.4. The van der Waals surface area contributed by atoms with Gasteiger partial charge in [0.2, 0.25) is 0 Å². The van der Waals surface area contributed by atoms with E-state index in [0.717, 1.165) is 58.3 Å². The predicted octanol–water partition coefficient (Wildman–Crippen LogP) is 3.79. The maximum Gasteiger partial charge on any atom is 0.327 e. The third kappa shape index (κ3) is 49.6. The minimum absolute atomic E-state index is 0.265. The summed E-state index contributed by atoms with van der Waals surface area (Å²) in [5.74, 6) is -3.16. The summed E-state index contributed by atoms with van der Waals surface area (Å²) in [7, 11) is 0. The van der Waals surface area contributed by atoms with Gasteiger partial charge < -0.3 is 20.4 Å². The van der Waals surface area contributed by atoms with Gasteiger partial charge in [0.05, 0.1) is 0 Å². The largest absolute Gasteiger partial charge is 0.481 e. The molecular weight excluding hydrogens is 344 g/mol. The van der Waals surface area contributed by atoms with Gasteiger partial charge in [-0.1, -0.05) is 38.7 Å². The molecule has 0 atom stereocenters. The smallest absolute Gasteiger partial charge is 0.327 e. The molecule has 0 heterocycles. The lowest BCUT2D eigenvalue weighted by molar-refractivity contribution is -0.138. The Morgan fingerprint density at radius 3 is 1.50 bits per heavy atom. The van der Waals surface area contributed by atoms with Crippen LogP contribution >= 0.6 is 0 Å². The van der Waals surface area contributed by atoms with Crippen LogP contribution in [0.1, 0.15) is 78.1 Å². The van der Waals surface area contributed by atoms with Crippen LogP contribution in [0, 0.1) is 0 Å². The molecule has 8 heteroatoms. The van der Waals surface area contributed by atoms with Crippen molar-refractivity contribution in [3.05, 3.63) is 12.2 Å². The summed E-state index contributed by atoms with van der Waals surface area (Å²) in [5.41, 5.74) is 0. The zero-order chi connectivity index (χ0) is 20.8. The minimum Gasteiger partial charge on any atom is -0.481 e. The Morgan fingerprint density at radius 1 is 0.731 bits per heavy atom. The fourth-order valence-electron chi connectivity index (χ4n) is 1.64. The quantitative estimate of drug-likeness (QED) is 0.297. The average Bonchev–Trinajstić information content (AvgIpc) is 2.48. The van der Waals surface area contributed by atoms with E-state index < -0.39 is 23.9 Å². The van der Waals surface area contributed by atoms with Gasteiger partial charge in [0.15, 0.2) is 0 Å². The molecule has 0 rings (SSSR count). The second kappa shape index (κ2) is 22.6. The van der Waals surface area contributed by atoms with Crippen molar-refractivity contribution in [3.8, 4) is 0 Å². The highest BCUT2D eigenvalue weighted by Gasteiger charge is 1.96. The molecule has 0 aromatic rings. The van der Waals surface area contributed by atoms with Crippen molar-refractivity contribution in [2.75, 3.05) is 0 Å². The van der Waals surface area contributed by atoms with Crippen molar-refractivity contribution in [2.45, 2.75) is 78.1 Å². The summed E-state index contributed by atoms with van der Waals surface area (Å²) in [6.45, 7) is 2.92. The van der Waals surface area contributed by atoms with Gasteiger partial charge >= 0.3 is 17.9 Å². The van der Waals surface area contributed by atoms with Crippen LogP contribution in [0.4, 0.5) is 0 Å². The Kier molecular flexibility index (Phi) is 24.7. The topological polar surface area (TPSA) is 149 Å². The van der Waals surface area contributed by atoms with Gasteiger partial charge in [-0.15, -0.1) is 0 Å². The molecule has 8 nitrogen and oxygen atoms in total. The first-order valence-electron chi connectivity index (χ1n) is 8.66. The predicted molar refractivity (Wildman–Crippen MR) is 97.2 cm³/mol. The van der Waals surface area contributed by atoms with Gasteiger partial charge in [0, 0.05) is 25.8 Å². The number of carboxylic acids is 4. The highest BCUT2D eigenvalue weighted by molar-refractivity contribution is 5.79. The molecule has 0 saturated carbocycles. The first kappa shape index (κ1) is 28.4. The first-order valence-corrected chi connectivity index (χ1v) is 8.66. The molecule has 0 unspecified atom stereocenters. The third-order valence-electron chi connectivity index (χ3n) is 2.74. The van der Waals surface area contributed by atoms with Crippen molar-refractivity contribution in [1.29, 1.82) is 0 Å². The van der Waals surface area contributed by atoms with Crippen LogP contribution in [0.5, 0.6) is 0 Å². The molecule has 0 radical (unpaired) electrons. The Hall–Kier alpha value is -2.38. The molecule has 0 aromatic carbocycles. The van der Waals surface area contributed by atoms with Crippen molar-refractivity contribution < 1.29 is 39.6 Å². The number of carboxylic acid groups (broad SMARTS) is 4. The molecular formula is C18H32O8. The number of rotatable bonds is 12. The van der Waals surface area contributed by atoms with Crippen LogP contribution in [0.15, 0.2) is 12.2 Å². The zero-order valence-corrected chi connectivity index (χ0v) is 15.6. The fourth-order valence-corrected chi connectivity index (χ4v) is 1.64. The molecule has 0 aliphatic carbocycles. The van der Waals surface area contributed by atoms with E-state index in [1.807, 2.05) is 6.92 Å². The van der Waals surface area contributed by atoms with E-state index in [2.05, 4.69) is 0 Å². The summed E-state index contributed by atoms with van der Waals surface area (Å²) in [4.78, 5) is 38.9. The summed E-state index contributed by atoms with van der Waals surface area (Å²) in [6, 6.07) is 0. The maximum atomic E-state index is 10.2. The van der Waals surface area contributed by atoms with Crippen molar-refractivity contribution in [3.63, 3.8) is 0 Å². The molecule has 0 fully saturated rings. The second-order valence-electron chi connectivity index (χ2n) is 5.46. The van der Waals surface area contributed by atoms with E-state index in [1.165, 1.54) is 6.08 Å². The SMILES string of the molecule is CC(=O)O.CCCC(=O)O.O=C(O)C=CCCCCCCCCC(=O)O. The van der Waals surface area contributed by atoms with Crippen LogP contribution < -0.4 is 0 Å². The van der Waals surface area contributed by atoms with Gasteiger partial charge in [-0.2, -0.15) is 0 Å². The van der Waals surface area contributed by atoms with Crippen LogP contribution in [-0.4, -0.2) is 44.3 Å². The minimum atomic E-state index is -0.895. The lowest BCUT2D eigenvalue weighted by Gasteiger charge is -1.98. The van der Waals surface area contributed by atoms with Crippen molar-refractivity contribution in [2.24, 2.45) is 0 Å². The molecule has 0 aromatic heterocycles. The fraction of sp³-hybridized carbons (Fsp3) is 0.667. The summed E-state index contributed by atoms with van der Waals surface area (Å²) in [5, 5.41) is 32.1. The first-order chi connectivity index (χ1) is 12.1. The molecule has 0 aliphatic heterocycles. The number of hydrogen-bond donors (Lipinski definition) is 4. The summed E-state index contributed by atoms with van der Waals surface area (Å²) < 4.78 is 0. The van der Waals surface area contributed by atoms with Gasteiger partial charge in [-0.25, -0.2) is 4.79 Å². The molecule has 0 saturated heterocycles. The van der Waals surface area contributed by atoms with Crippen LogP contribution in [0.25, 0.3) is 0 Å². The standard InChI is InChI=1S/C12H20O4.C4H8O2.C2H4O2/c13-11(14)9-7-5-3-1-2-4-6-8-10-12(15)16;1-2-3-4(5)6;1-2(3)4/h7,9H,1-6,8,10H2,(H,13,14)(H,15,16);2-3H2,1H3,(H,5,6);1H3,(H,3,4). The zero-order valence-electron chi connectivity index (χ0n) is 15.6. The van der Waals surface area contributed by atoms with Gasteiger partial charge in [-0.3, -0.25) is 14.4 Å². The molecule has 0 amide bonds. The molecule has 152 valence electrons. The Balaban J connectivity index is -0.000000434. The maximum absolute atomic E-state index is 10.2. The number of carbonyl (C=O) groups is 4. The van der Waals surface area contributed by atoms with E-state index in [9.17, 15) is 14.4 Å². The Labute approximate surface area is 154 Å². The number of allylic oxidation sites excluding steroid dienone is 1. The average molecular weight is 376 g/mol. The van der Waals surface area contributed by atoms with Crippen molar-refractivity contribution in [1.82, 2.24) is 0 Å². The molecule has 0 bridgehead atoms. The van der Waals surface area contributed by atoms with Gasteiger partial charge in [0.1, 0.15) is 0 Å². The molecule has 26 heavy (non-hydrogen) atoms. The highest BCUT2D eigenvalue weighted by Crippen LogP contribution is 2.08. The third-order valence-corrected chi connectivity index (χ3v) is 2.74. The number of aliphatic carboxylic acids is 4. The Morgan fingerprint density at radius 2 is 1.15 bits per heavy atom. The normalized spacial score (nSPS) is 9.46. The van der Waals surface area contributed by atoms with Crippen LogP contribution in [-0.2, 0) is 19.2 Å². The molecule has 0 aliphatic rings. The van der Waals surface area contributed by atoms with Crippen LogP contribution in [0.3, 0.4) is 0 Å². The lowest BCUT2D eigenvalue weighted by atomic mass is 10.1. The van der Waals surface area contributed by atoms with Gasteiger partial charge in [-0.05, 0) is 25.7 Å². The van der Waals surface area contributed by atoms with E-state index in [-0.39, 0.29) is 6.42 Å². The number of hydrogen-bond acceptors (Lipinski definition) is 4. The number of unbranched alkanes of at least 4 members (excludes halogenated alkanes) is 6. The Bertz CT molecular complexity index is 411.